The fraction of sp³-hybridized carbons (Fsp3) is 0.167. The van der Waals surface area contributed by atoms with Gasteiger partial charge in [0.1, 0.15) is 17.2 Å². The molecular weight excluding hydrogens is 292 g/mol. The van der Waals surface area contributed by atoms with E-state index >= 15 is 0 Å². The summed E-state index contributed by atoms with van der Waals surface area (Å²) in [5.41, 5.74) is 3.31. The highest BCUT2D eigenvalue weighted by Gasteiger charge is 2.10. The second-order valence-corrected chi connectivity index (χ2v) is 5.23. The van der Waals surface area contributed by atoms with Crippen molar-refractivity contribution in [3.63, 3.8) is 0 Å². The molecule has 0 saturated heterocycles. The third-order valence-electron chi connectivity index (χ3n) is 3.69. The summed E-state index contributed by atoms with van der Waals surface area (Å²) in [5, 5.41) is 11.0. The Morgan fingerprint density at radius 1 is 1.09 bits per heavy atom. The van der Waals surface area contributed by atoms with Gasteiger partial charge in [0.05, 0.1) is 19.8 Å². The topological polar surface area (TPSA) is 66.8 Å². The largest absolute Gasteiger partial charge is 0.497 e. The van der Waals surface area contributed by atoms with E-state index in [1.807, 2.05) is 37.3 Å². The fourth-order valence-electron chi connectivity index (χ4n) is 2.47. The standard InChI is InChI=1S/C18H18N2O3/c1-11-4-6-15-13(8-11)14(18(21)20-15)10-19-16-7-5-12(22-2)9-17(16)23-3/h4-10,20-21H,1-3H3. The number of aryl methyl sites for hydroxylation is 1. The highest BCUT2D eigenvalue weighted by atomic mass is 16.5. The van der Waals surface area contributed by atoms with Crippen LogP contribution in [0.3, 0.4) is 0 Å². The Kier molecular flexibility index (Phi) is 3.93. The molecule has 0 amide bonds. The highest BCUT2D eigenvalue weighted by Crippen LogP contribution is 2.32. The number of aliphatic imine (C=N–C) groups is 1. The number of aromatic hydroxyl groups is 1. The smallest absolute Gasteiger partial charge is 0.198 e. The normalized spacial score (nSPS) is 11.3. The minimum absolute atomic E-state index is 0.0989. The first-order chi connectivity index (χ1) is 11.1. The summed E-state index contributed by atoms with van der Waals surface area (Å²) in [6.07, 6.45) is 1.64. The van der Waals surface area contributed by atoms with Crippen LogP contribution in [0, 0.1) is 6.92 Å². The second kappa shape index (κ2) is 6.04. The number of fused-ring (bicyclic) bond motifs is 1. The zero-order valence-corrected chi connectivity index (χ0v) is 13.3. The molecule has 118 valence electrons. The lowest BCUT2D eigenvalue weighted by Crippen LogP contribution is -1.87. The van der Waals surface area contributed by atoms with Crippen LogP contribution in [-0.2, 0) is 0 Å². The van der Waals surface area contributed by atoms with Crippen LogP contribution in [0.25, 0.3) is 10.9 Å². The number of H-pyrrole nitrogens is 1. The Morgan fingerprint density at radius 2 is 1.91 bits per heavy atom. The predicted octanol–water partition coefficient (Wildman–Crippen LogP) is 3.95. The van der Waals surface area contributed by atoms with Crippen LogP contribution in [0.15, 0.2) is 41.4 Å². The number of rotatable bonds is 4. The van der Waals surface area contributed by atoms with Gasteiger partial charge in [0.2, 0.25) is 0 Å². The maximum Gasteiger partial charge on any atom is 0.198 e. The van der Waals surface area contributed by atoms with Gasteiger partial charge in [0.25, 0.3) is 0 Å². The first-order valence-electron chi connectivity index (χ1n) is 7.19. The van der Waals surface area contributed by atoms with Gasteiger partial charge in [-0.15, -0.1) is 0 Å². The van der Waals surface area contributed by atoms with E-state index in [1.165, 1.54) is 0 Å². The molecule has 5 heteroatoms. The molecule has 5 nitrogen and oxygen atoms in total. The Balaban J connectivity index is 2.03. The molecule has 1 heterocycles. The highest BCUT2D eigenvalue weighted by molar-refractivity contribution is 6.03. The van der Waals surface area contributed by atoms with Crippen molar-refractivity contribution in [2.75, 3.05) is 14.2 Å². The minimum Gasteiger partial charge on any atom is -0.497 e. The lowest BCUT2D eigenvalue weighted by molar-refractivity contribution is 0.395. The van der Waals surface area contributed by atoms with Crippen molar-refractivity contribution >= 4 is 22.8 Å². The van der Waals surface area contributed by atoms with Gasteiger partial charge in [0, 0.05) is 23.2 Å². The van der Waals surface area contributed by atoms with Crippen LogP contribution in [0.1, 0.15) is 11.1 Å². The number of ether oxygens (including phenoxy) is 2. The van der Waals surface area contributed by atoms with Gasteiger partial charge in [0.15, 0.2) is 5.88 Å². The molecule has 3 aromatic rings. The van der Waals surface area contributed by atoms with Crippen molar-refractivity contribution in [2.24, 2.45) is 4.99 Å². The maximum atomic E-state index is 10.1. The average molecular weight is 310 g/mol. The van der Waals surface area contributed by atoms with Gasteiger partial charge in [-0.1, -0.05) is 11.6 Å². The number of methoxy groups -OCH3 is 2. The van der Waals surface area contributed by atoms with E-state index in [1.54, 1.807) is 26.5 Å². The lowest BCUT2D eigenvalue weighted by Gasteiger charge is -2.06. The lowest BCUT2D eigenvalue weighted by atomic mass is 10.1. The monoisotopic (exact) mass is 310 g/mol. The Labute approximate surface area is 134 Å². The molecule has 3 rings (SSSR count). The second-order valence-electron chi connectivity index (χ2n) is 5.23. The first-order valence-corrected chi connectivity index (χ1v) is 7.19. The number of nitrogens with one attached hydrogen (secondary N) is 1. The number of nitrogens with zero attached hydrogens (tertiary/aromatic N) is 1. The van der Waals surface area contributed by atoms with Gasteiger partial charge in [-0.2, -0.15) is 0 Å². The van der Waals surface area contributed by atoms with Gasteiger partial charge >= 0.3 is 0 Å². The molecule has 0 aliphatic heterocycles. The van der Waals surface area contributed by atoms with Crippen LogP contribution >= 0.6 is 0 Å². The SMILES string of the molecule is COc1ccc(N=Cc2c(O)[nH]c3ccc(C)cc23)c(OC)c1. The zero-order chi connectivity index (χ0) is 16.4. The summed E-state index contributed by atoms with van der Waals surface area (Å²) in [7, 11) is 3.18. The molecule has 1 aromatic heterocycles. The molecule has 0 spiro atoms. The van der Waals surface area contributed by atoms with E-state index in [-0.39, 0.29) is 5.88 Å². The summed E-state index contributed by atoms with van der Waals surface area (Å²) < 4.78 is 10.5. The van der Waals surface area contributed by atoms with Gasteiger partial charge in [-0.25, -0.2) is 0 Å². The van der Waals surface area contributed by atoms with Crippen molar-refractivity contribution in [3.05, 3.63) is 47.5 Å². The maximum absolute atomic E-state index is 10.1. The van der Waals surface area contributed by atoms with Gasteiger partial charge in [-0.05, 0) is 31.2 Å². The zero-order valence-electron chi connectivity index (χ0n) is 13.3. The van der Waals surface area contributed by atoms with Crippen LogP contribution in [0.4, 0.5) is 5.69 Å². The summed E-state index contributed by atoms with van der Waals surface area (Å²) in [4.78, 5) is 7.40. The molecule has 0 aliphatic rings. The molecule has 23 heavy (non-hydrogen) atoms. The predicted molar refractivity (Wildman–Crippen MR) is 91.5 cm³/mol. The van der Waals surface area contributed by atoms with Crippen molar-refractivity contribution in [1.82, 2.24) is 4.98 Å². The van der Waals surface area contributed by atoms with Crippen molar-refractivity contribution < 1.29 is 14.6 Å². The molecule has 2 N–H and O–H groups in total. The van der Waals surface area contributed by atoms with Crippen LogP contribution in [-0.4, -0.2) is 30.5 Å². The first kappa shape index (κ1) is 15.0. The van der Waals surface area contributed by atoms with E-state index in [2.05, 4.69) is 9.98 Å². The summed E-state index contributed by atoms with van der Waals surface area (Å²) >= 11 is 0. The summed E-state index contributed by atoms with van der Waals surface area (Å²) in [5.74, 6) is 1.41. The third-order valence-corrected chi connectivity index (χ3v) is 3.69. The fourth-order valence-corrected chi connectivity index (χ4v) is 2.47. The molecule has 0 saturated carbocycles. The number of hydrogen-bond acceptors (Lipinski definition) is 4. The quantitative estimate of drug-likeness (QED) is 0.717. The third kappa shape index (κ3) is 2.85. The molecule has 0 unspecified atom stereocenters. The number of hydrogen-bond donors (Lipinski definition) is 2. The van der Waals surface area contributed by atoms with Gasteiger partial charge in [-0.3, -0.25) is 4.99 Å². The van der Waals surface area contributed by atoms with E-state index in [0.29, 0.717) is 22.7 Å². The Bertz CT molecular complexity index is 881. The molecule has 0 bridgehead atoms. The molecule has 0 atom stereocenters. The van der Waals surface area contributed by atoms with Crippen molar-refractivity contribution in [1.29, 1.82) is 0 Å². The average Bonchev–Trinajstić information content (AvgIpc) is 2.87. The van der Waals surface area contributed by atoms with Crippen molar-refractivity contribution in [3.8, 4) is 17.4 Å². The molecule has 0 fully saturated rings. The van der Waals surface area contributed by atoms with Crippen LogP contribution in [0.2, 0.25) is 0 Å². The Morgan fingerprint density at radius 3 is 2.65 bits per heavy atom. The van der Waals surface area contributed by atoms with Crippen molar-refractivity contribution in [2.45, 2.75) is 6.92 Å². The summed E-state index contributed by atoms with van der Waals surface area (Å²) in [6.45, 7) is 2.01. The molecule has 0 radical (unpaired) electrons. The number of aromatic amines is 1. The van der Waals surface area contributed by atoms with E-state index in [0.717, 1.165) is 16.5 Å². The van der Waals surface area contributed by atoms with E-state index in [9.17, 15) is 5.11 Å². The Hall–Kier alpha value is -2.95. The number of aromatic nitrogens is 1. The number of benzene rings is 2. The van der Waals surface area contributed by atoms with Crippen LogP contribution in [0.5, 0.6) is 17.4 Å². The van der Waals surface area contributed by atoms with E-state index in [4.69, 9.17) is 9.47 Å². The summed E-state index contributed by atoms with van der Waals surface area (Å²) in [6, 6.07) is 11.3. The molecular formula is C18H18N2O3. The van der Waals surface area contributed by atoms with E-state index < -0.39 is 0 Å². The molecule has 0 aliphatic carbocycles. The van der Waals surface area contributed by atoms with Crippen LogP contribution < -0.4 is 9.47 Å². The molecule has 2 aromatic carbocycles. The van der Waals surface area contributed by atoms with Gasteiger partial charge < -0.3 is 19.6 Å². The minimum atomic E-state index is 0.0989.